The Morgan fingerprint density at radius 2 is 1.02 bits per heavy atom. The Labute approximate surface area is 366 Å². The first kappa shape index (κ1) is 55.6. The molecule has 0 saturated carbocycles. The van der Waals surface area contributed by atoms with Gasteiger partial charge in [-0.1, -0.05) is 177 Å². The van der Waals surface area contributed by atoms with E-state index in [9.17, 15) is 25.2 Å². The van der Waals surface area contributed by atoms with E-state index in [1.807, 2.05) is 0 Å². The third-order valence-corrected chi connectivity index (χ3v) is 10.6. The minimum Gasteiger partial charge on any atom is -0.457 e. The summed E-state index contributed by atoms with van der Waals surface area (Å²) >= 11 is 0. The lowest BCUT2D eigenvalue weighted by Gasteiger charge is -2.39. The molecule has 0 bridgehead atoms. The normalized spacial score (nSPS) is 20.7. The monoisotopic (exact) mass is 845 g/mol. The molecule has 1 saturated heterocycles. The van der Waals surface area contributed by atoms with Crippen molar-refractivity contribution in [3.05, 3.63) is 72.9 Å². The third kappa shape index (κ3) is 32.4. The van der Waals surface area contributed by atoms with Crippen LogP contribution in [0.25, 0.3) is 0 Å². The van der Waals surface area contributed by atoms with Gasteiger partial charge in [0.25, 0.3) is 0 Å². The molecule has 0 aromatic heterocycles. The van der Waals surface area contributed by atoms with E-state index in [2.05, 4.69) is 86.8 Å². The highest BCUT2D eigenvalue weighted by Gasteiger charge is 2.44. The Hall–Kier alpha value is -2.37. The highest BCUT2D eigenvalue weighted by Crippen LogP contribution is 2.22. The molecule has 9 nitrogen and oxygen atoms in total. The van der Waals surface area contributed by atoms with Crippen molar-refractivity contribution in [2.24, 2.45) is 0 Å². The molecule has 0 aliphatic carbocycles. The average Bonchev–Trinajstić information content (AvgIpc) is 3.25. The second-order valence-electron chi connectivity index (χ2n) is 16.2. The van der Waals surface area contributed by atoms with Gasteiger partial charge >= 0.3 is 5.97 Å². The number of allylic oxidation sites excluding steroid dienone is 11. The average molecular weight is 845 g/mol. The maximum absolute atomic E-state index is 12.8. The van der Waals surface area contributed by atoms with Crippen molar-refractivity contribution in [3.8, 4) is 0 Å². The molecule has 1 fully saturated rings. The molecule has 0 aromatic carbocycles. The van der Waals surface area contributed by atoms with Crippen molar-refractivity contribution in [1.82, 2.24) is 0 Å². The summed E-state index contributed by atoms with van der Waals surface area (Å²) in [5.41, 5.74) is 0. The number of esters is 1. The molecular formula is C51H88O9. The zero-order chi connectivity index (χ0) is 43.6. The van der Waals surface area contributed by atoms with E-state index in [0.29, 0.717) is 19.4 Å². The maximum Gasteiger partial charge on any atom is 0.306 e. The predicted molar refractivity (Wildman–Crippen MR) is 247 cm³/mol. The number of aliphatic hydroxyl groups excluding tert-OH is 4. The molecule has 1 rings (SSSR count). The summed E-state index contributed by atoms with van der Waals surface area (Å²) in [6, 6.07) is 0. The fourth-order valence-electron chi connectivity index (χ4n) is 6.90. The largest absolute Gasteiger partial charge is 0.457 e. The van der Waals surface area contributed by atoms with E-state index >= 15 is 0 Å². The minimum absolute atomic E-state index is 0.0868. The van der Waals surface area contributed by atoms with Crippen LogP contribution in [-0.2, 0) is 23.7 Å². The van der Waals surface area contributed by atoms with E-state index in [1.165, 1.54) is 103 Å². The highest BCUT2D eigenvalue weighted by atomic mass is 16.7. The zero-order valence-corrected chi connectivity index (χ0v) is 37.9. The molecule has 6 unspecified atom stereocenters. The first-order valence-corrected chi connectivity index (χ1v) is 24.0. The number of carbonyl (C=O) groups is 1. The first-order chi connectivity index (χ1) is 29.4. The maximum atomic E-state index is 12.8. The van der Waals surface area contributed by atoms with Crippen molar-refractivity contribution in [2.45, 2.75) is 218 Å². The van der Waals surface area contributed by atoms with Crippen LogP contribution in [0.3, 0.4) is 0 Å². The quantitative estimate of drug-likeness (QED) is 0.0270. The SMILES string of the molecule is CC/C=C\C/C=C\C/C=C\C/C=C\C/C=C\CCOCC(COC1OC(CO)C(O)C(O)C1O)OC(=O)CCCCCCCCCCC/C=C\CCCCCCCCCC. The second kappa shape index (κ2) is 42.0. The predicted octanol–water partition coefficient (Wildman–Crippen LogP) is 11.3. The topological polar surface area (TPSA) is 135 Å². The summed E-state index contributed by atoms with van der Waals surface area (Å²) in [4.78, 5) is 12.8. The summed E-state index contributed by atoms with van der Waals surface area (Å²) in [6.45, 7) is 4.22. The Morgan fingerprint density at radius 3 is 1.53 bits per heavy atom. The summed E-state index contributed by atoms with van der Waals surface area (Å²) in [7, 11) is 0. The molecular weight excluding hydrogens is 757 g/mol. The minimum atomic E-state index is -1.55. The van der Waals surface area contributed by atoms with Crippen LogP contribution in [0, 0.1) is 0 Å². The molecule has 0 radical (unpaired) electrons. The first-order valence-electron chi connectivity index (χ1n) is 24.0. The Kier molecular flexibility index (Phi) is 38.9. The Morgan fingerprint density at radius 1 is 0.550 bits per heavy atom. The molecule has 1 aliphatic heterocycles. The van der Waals surface area contributed by atoms with Crippen LogP contribution in [0.1, 0.15) is 181 Å². The van der Waals surface area contributed by atoms with Gasteiger partial charge in [0.15, 0.2) is 6.29 Å². The molecule has 0 aromatic rings. The van der Waals surface area contributed by atoms with Gasteiger partial charge in [0.05, 0.1) is 26.4 Å². The summed E-state index contributed by atoms with van der Waals surface area (Å²) < 4.78 is 22.7. The molecule has 4 N–H and O–H groups in total. The standard InChI is InChI=1S/C51H88O9/c1-3-5-7-9-11-13-15-17-19-21-22-23-24-25-26-28-30-32-34-36-38-40-47(53)59-45(44-58-51-50(56)49(55)48(54)46(42-52)60-51)43-57-41-39-37-35-33-31-29-27-20-18-16-14-12-10-8-6-4-2/h6,8,12,14,18,20-22,29,31,35,37,45-46,48-52,54-56H,3-5,7,9-11,13,15-17,19,23-28,30,32-34,36,38-44H2,1-2H3/b8-6-,14-12-,20-18-,22-21-,31-29-,37-35-. The molecule has 9 heteroatoms. The highest BCUT2D eigenvalue weighted by molar-refractivity contribution is 5.69. The lowest BCUT2D eigenvalue weighted by Crippen LogP contribution is -2.59. The van der Waals surface area contributed by atoms with E-state index in [-0.39, 0.29) is 19.2 Å². The van der Waals surface area contributed by atoms with Crippen LogP contribution in [0.2, 0.25) is 0 Å². The van der Waals surface area contributed by atoms with E-state index in [1.54, 1.807) is 0 Å². The van der Waals surface area contributed by atoms with Gasteiger partial charge in [0.2, 0.25) is 0 Å². The molecule has 60 heavy (non-hydrogen) atoms. The molecule has 346 valence electrons. The van der Waals surface area contributed by atoms with Crippen LogP contribution in [0.4, 0.5) is 0 Å². The number of hydrogen-bond acceptors (Lipinski definition) is 9. The van der Waals surface area contributed by atoms with Crippen molar-refractivity contribution >= 4 is 5.97 Å². The zero-order valence-electron chi connectivity index (χ0n) is 37.9. The van der Waals surface area contributed by atoms with Gasteiger partial charge in [0.1, 0.15) is 30.5 Å². The van der Waals surface area contributed by atoms with Gasteiger partial charge in [-0.3, -0.25) is 4.79 Å². The molecule has 0 amide bonds. The van der Waals surface area contributed by atoms with Crippen molar-refractivity contribution < 1.29 is 44.2 Å². The van der Waals surface area contributed by atoms with E-state index in [0.717, 1.165) is 51.4 Å². The summed E-state index contributed by atoms with van der Waals surface area (Å²) in [6.07, 6.45) is 48.1. The number of hydrogen-bond donors (Lipinski definition) is 4. The summed E-state index contributed by atoms with van der Waals surface area (Å²) in [5, 5.41) is 40.1. The van der Waals surface area contributed by atoms with Gasteiger partial charge in [-0.15, -0.1) is 0 Å². The number of rotatable bonds is 40. The van der Waals surface area contributed by atoms with Gasteiger partial charge in [-0.05, 0) is 70.6 Å². The van der Waals surface area contributed by atoms with Gasteiger partial charge in [-0.25, -0.2) is 0 Å². The van der Waals surface area contributed by atoms with Crippen LogP contribution in [0.15, 0.2) is 72.9 Å². The lowest BCUT2D eigenvalue weighted by atomic mass is 9.99. The van der Waals surface area contributed by atoms with Crippen LogP contribution in [0.5, 0.6) is 0 Å². The van der Waals surface area contributed by atoms with Gasteiger partial charge in [-0.2, -0.15) is 0 Å². The van der Waals surface area contributed by atoms with Crippen LogP contribution < -0.4 is 0 Å². The molecule has 0 spiro atoms. The fourth-order valence-corrected chi connectivity index (χ4v) is 6.90. The second-order valence-corrected chi connectivity index (χ2v) is 16.2. The van der Waals surface area contributed by atoms with E-state index < -0.39 is 43.4 Å². The number of aliphatic hydroxyl groups is 4. The number of ether oxygens (including phenoxy) is 4. The number of unbranched alkanes of at least 4 members (excludes halogenated alkanes) is 17. The molecule has 1 aliphatic rings. The molecule has 1 heterocycles. The Balaban J connectivity index is 2.28. The van der Waals surface area contributed by atoms with E-state index in [4.69, 9.17) is 18.9 Å². The van der Waals surface area contributed by atoms with Crippen molar-refractivity contribution in [3.63, 3.8) is 0 Å². The van der Waals surface area contributed by atoms with Crippen molar-refractivity contribution in [2.75, 3.05) is 26.4 Å². The smallest absolute Gasteiger partial charge is 0.306 e. The third-order valence-electron chi connectivity index (χ3n) is 10.6. The molecule has 6 atom stereocenters. The Bertz CT molecular complexity index is 1140. The van der Waals surface area contributed by atoms with Crippen LogP contribution in [-0.4, -0.2) is 89.6 Å². The summed E-state index contributed by atoms with van der Waals surface area (Å²) in [5.74, 6) is -0.342. The van der Waals surface area contributed by atoms with Crippen molar-refractivity contribution in [1.29, 1.82) is 0 Å². The van der Waals surface area contributed by atoms with Gasteiger partial charge < -0.3 is 39.4 Å². The fraction of sp³-hybridized carbons (Fsp3) is 0.745. The van der Waals surface area contributed by atoms with Gasteiger partial charge in [0, 0.05) is 6.42 Å². The lowest BCUT2D eigenvalue weighted by molar-refractivity contribution is -0.305. The van der Waals surface area contributed by atoms with Crippen LogP contribution >= 0.6 is 0 Å². The number of carbonyl (C=O) groups excluding carboxylic acids is 1.